The molecule has 1 unspecified atom stereocenters. The topological polar surface area (TPSA) is 46.3 Å². The van der Waals surface area contributed by atoms with Gasteiger partial charge < -0.3 is 10.6 Å². The van der Waals surface area contributed by atoms with E-state index >= 15 is 0 Å². The summed E-state index contributed by atoms with van der Waals surface area (Å²) in [6.07, 6.45) is 4.84. The first-order valence-electron chi connectivity index (χ1n) is 7.80. The van der Waals surface area contributed by atoms with E-state index in [1.54, 1.807) is 0 Å². The first-order chi connectivity index (χ1) is 9.65. The quantitative estimate of drug-likeness (QED) is 0.862. The molecule has 3 heteroatoms. The number of fused-ring (bicyclic) bond motifs is 1. The molecule has 0 saturated heterocycles. The van der Waals surface area contributed by atoms with Gasteiger partial charge in [-0.2, -0.15) is 0 Å². The maximum absolute atomic E-state index is 12.1. The summed E-state index contributed by atoms with van der Waals surface area (Å²) < 4.78 is 0. The first kappa shape index (κ1) is 15.0. The van der Waals surface area contributed by atoms with E-state index in [1.807, 2.05) is 4.90 Å². The van der Waals surface area contributed by atoms with Crippen molar-refractivity contribution in [1.82, 2.24) is 4.90 Å². The second-order valence-corrected chi connectivity index (χ2v) is 5.78. The number of hydrogen-bond donors (Lipinski definition) is 1. The zero-order valence-electron chi connectivity index (χ0n) is 12.7. The molecule has 3 nitrogen and oxygen atoms in total. The third-order valence-electron chi connectivity index (χ3n) is 4.08. The lowest BCUT2D eigenvalue weighted by Crippen LogP contribution is -2.24. The first-order valence-corrected chi connectivity index (χ1v) is 7.80. The Morgan fingerprint density at radius 1 is 1.25 bits per heavy atom. The Labute approximate surface area is 122 Å². The molecule has 2 rings (SSSR count). The van der Waals surface area contributed by atoms with E-state index in [1.165, 1.54) is 16.7 Å². The molecule has 1 amide bonds. The van der Waals surface area contributed by atoms with Gasteiger partial charge in [-0.05, 0) is 29.5 Å². The standard InChI is InChI=1S/C17H26N2O/c1-3-5-7-17(20)19-11-14-9-8-13(10-15(14)12-19)16(18)6-4-2/h8-10,16H,3-7,11-12,18H2,1-2H3. The molecule has 1 aliphatic rings. The molecule has 0 aromatic heterocycles. The highest BCUT2D eigenvalue weighted by Crippen LogP contribution is 2.27. The average Bonchev–Trinajstić information content (AvgIpc) is 2.87. The summed E-state index contributed by atoms with van der Waals surface area (Å²) in [5.74, 6) is 0.280. The van der Waals surface area contributed by atoms with Gasteiger partial charge in [0, 0.05) is 25.6 Å². The monoisotopic (exact) mass is 274 g/mol. The molecule has 1 aromatic rings. The second-order valence-electron chi connectivity index (χ2n) is 5.78. The minimum Gasteiger partial charge on any atom is -0.334 e. The number of unbranched alkanes of at least 4 members (excludes halogenated alkanes) is 1. The molecule has 0 aliphatic carbocycles. The van der Waals surface area contributed by atoms with Crippen LogP contribution in [-0.4, -0.2) is 10.8 Å². The van der Waals surface area contributed by atoms with Gasteiger partial charge in [0.25, 0.3) is 0 Å². The van der Waals surface area contributed by atoms with Gasteiger partial charge in [0.05, 0.1) is 0 Å². The number of amides is 1. The average molecular weight is 274 g/mol. The number of benzene rings is 1. The summed E-state index contributed by atoms with van der Waals surface area (Å²) in [7, 11) is 0. The van der Waals surface area contributed by atoms with Crippen molar-refractivity contribution >= 4 is 5.91 Å². The molecule has 2 N–H and O–H groups in total. The fourth-order valence-corrected chi connectivity index (χ4v) is 2.79. The van der Waals surface area contributed by atoms with Gasteiger partial charge in [0.1, 0.15) is 0 Å². The molecule has 1 atom stereocenters. The molecular weight excluding hydrogens is 248 g/mol. The van der Waals surface area contributed by atoms with Crippen LogP contribution in [0.5, 0.6) is 0 Å². The number of nitrogens with two attached hydrogens (primary N) is 1. The van der Waals surface area contributed by atoms with Crippen LogP contribution in [0.3, 0.4) is 0 Å². The van der Waals surface area contributed by atoms with Gasteiger partial charge in [-0.1, -0.05) is 44.9 Å². The molecule has 1 heterocycles. The van der Waals surface area contributed by atoms with Crippen molar-refractivity contribution in [1.29, 1.82) is 0 Å². The third-order valence-corrected chi connectivity index (χ3v) is 4.08. The second kappa shape index (κ2) is 6.89. The highest BCUT2D eigenvalue weighted by molar-refractivity contribution is 5.77. The maximum Gasteiger partial charge on any atom is 0.223 e. The van der Waals surface area contributed by atoms with Gasteiger partial charge in [-0.25, -0.2) is 0 Å². The normalized spacial score (nSPS) is 15.2. The highest BCUT2D eigenvalue weighted by atomic mass is 16.2. The molecule has 0 bridgehead atoms. The van der Waals surface area contributed by atoms with Crippen molar-refractivity contribution < 1.29 is 4.79 Å². The summed E-state index contributed by atoms with van der Waals surface area (Å²) in [6, 6.07) is 6.59. The Bertz CT molecular complexity index is 470. The summed E-state index contributed by atoms with van der Waals surface area (Å²) in [5, 5.41) is 0. The predicted octanol–water partition coefficient (Wildman–Crippen LogP) is 3.52. The van der Waals surface area contributed by atoms with Gasteiger partial charge in [-0.3, -0.25) is 4.79 Å². The van der Waals surface area contributed by atoms with Crippen LogP contribution in [0.4, 0.5) is 0 Å². The van der Waals surface area contributed by atoms with Crippen LogP contribution in [0.2, 0.25) is 0 Å². The Morgan fingerprint density at radius 3 is 2.70 bits per heavy atom. The number of carbonyl (C=O) groups is 1. The minimum atomic E-state index is 0.121. The predicted molar refractivity (Wildman–Crippen MR) is 82.1 cm³/mol. The van der Waals surface area contributed by atoms with Crippen LogP contribution >= 0.6 is 0 Å². The number of hydrogen-bond acceptors (Lipinski definition) is 2. The van der Waals surface area contributed by atoms with Crippen LogP contribution in [0.15, 0.2) is 18.2 Å². The van der Waals surface area contributed by atoms with Gasteiger partial charge in [0.2, 0.25) is 5.91 Å². The lowest BCUT2D eigenvalue weighted by Gasteiger charge is -2.14. The van der Waals surface area contributed by atoms with Crippen LogP contribution < -0.4 is 5.73 Å². The summed E-state index contributed by atoms with van der Waals surface area (Å²) in [6.45, 7) is 5.79. The minimum absolute atomic E-state index is 0.121. The van der Waals surface area contributed by atoms with Crippen molar-refractivity contribution in [2.45, 2.75) is 65.1 Å². The SMILES string of the molecule is CCCCC(=O)N1Cc2ccc(C(N)CCC)cc2C1. The van der Waals surface area contributed by atoms with E-state index in [2.05, 4.69) is 32.0 Å². The van der Waals surface area contributed by atoms with Crippen LogP contribution in [0.1, 0.15) is 68.7 Å². The Kier molecular flexibility index (Phi) is 5.18. The molecule has 110 valence electrons. The molecule has 0 spiro atoms. The largest absolute Gasteiger partial charge is 0.334 e. The van der Waals surface area contributed by atoms with Gasteiger partial charge in [-0.15, -0.1) is 0 Å². The lowest BCUT2D eigenvalue weighted by atomic mass is 9.99. The van der Waals surface area contributed by atoms with E-state index in [-0.39, 0.29) is 11.9 Å². The third kappa shape index (κ3) is 3.40. The molecule has 0 fully saturated rings. The zero-order chi connectivity index (χ0) is 14.5. The highest BCUT2D eigenvalue weighted by Gasteiger charge is 2.23. The van der Waals surface area contributed by atoms with E-state index in [0.717, 1.165) is 38.8 Å². The fraction of sp³-hybridized carbons (Fsp3) is 0.588. The van der Waals surface area contributed by atoms with E-state index in [9.17, 15) is 4.79 Å². The maximum atomic E-state index is 12.1. The van der Waals surface area contributed by atoms with Crippen molar-refractivity contribution in [2.75, 3.05) is 0 Å². The van der Waals surface area contributed by atoms with Crippen LogP contribution in [-0.2, 0) is 17.9 Å². The fourth-order valence-electron chi connectivity index (χ4n) is 2.79. The van der Waals surface area contributed by atoms with Crippen molar-refractivity contribution in [3.05, 3.63) is 34.9 Å². The molecule has 20 heavy (non-hydrogen) atoms. The van der Waals surface area contributed by atoms with Crippen LogP contribution in [0, 0.1) is 0 Å². The zero-order valence-corrected chi connectivity index (χ0v) is 12.7. The molecule has 1 aliphatic heterocycles. The van der Waals surface area contributed by atoms with Crippen molar-refractivity contribution in [2.24, 2.45) is 5.73 Å². The smallest absolute Gasteiger partial charge is 0.223 e. The summed E-state index contributed by atoms with van der Waals surface area (Å²) >= 11 is 0. The van der Waals surface area contributed by atoms with Crippen LogP contribution in [0.25, 0.3) is 0 Å². The summed E-state index contributed by atoms with van der Waals surface area (Å²) in [4.78, 5) is 14.1. The Balaban J connectivity index is 2.03. The van der Waals surface area contributed by atoms with E-state index < -0.39 is 0 Å². The Morgan fingerprint density at radius 2 is 2.00 bits per heavy atom. The number of nitrogens with zero attached hydrogens (tertiary/aromatic N) is 1. The van der Waals surface area contributed by atoms with Crippen molar-refractivity contribution in [3.8, 4) is 0 Å². The van der Waals surface area contributed by atoms with Gasteiger partial charge >= 0.3 is 0 Å². The molecule has 0 saturated carbocycles. The molecular formula is C17H26N2O. The Hall–Kier alpha value is -1.35. The number of rotatable bonds is 6. The van der Waals surface area contributed by atoms with E-state index in [4.69, 9.17) is 5.73 Å². The number of carbonyl (C=O) groups excluding carboxylic acids is 1. The van der Waals surface area contributed by atoms with Gasteiger partial charge in [0.15, 0.2) is 0 Å². The molecule has 1 aromatic carbocycles. The summed E-state index contributed by atoms with van der Waals surface area (Å²) in [5.41, 5.74) is 9.94. The lowest BCUT2D eigenvalue weighted by molar-refractivity contribution is -0.131. The van der Waals surface area contributed by atoms with Crippen molar-refractivity contribution in [3.63, 3.8) is 0 Å². The van der Waals surface area contributed by atoms with E-state index in [0.29, 0.717) is 6.42 Å². The molecule has 0 radical (unpaired) electrons.